The maximum atomic E-state index is 12.0. The van der Waals surface area contributed by atoms with Crippen molar-refractivity contribution in [1.29, 1.82) is 0 Å². The van der Waals surface area contributed by atoms with Gasteiger partial charge in [-0.1, -0.05) is 30.3 Å². The molecule has 1 saturated heterocycles. The van der Waals surface area contributed by atoms with Gasteiger partial charge < -0.3 is 10.1 Å². The fraction of sp³-hybridized carbons (Fsp3) is 0.462. The van der Waals surface area contributed by atoms with Crippen LogP contribution >= 0.6 is 0 Å². The summed E-state index contributed by atoms with van der Waals surface area (Å²) in [4.78, 5) is 13.7. The molecule has 1 aliphatic heterocycles. The quantitative estimate of drug-likeness (QED) is 0.850. The summed E-state index contributed by atoms with van der Waals surface area (Å²) in [5.74, 6) is 0. The lowest BCUT2D eigenvalue weighted by Crippen LogP contribution is -2.48. The maximum absolute atomic E-state index is 12.0. The Balaban J connectivity index is 1.90. The summed E-state index contributed by atoms with van der Waals surface area (Å²) in [6, 6.07) is 9.80. The number of nitrogens with zero attached hydrogens (tertiary/aromatic N) is 1. The molecule has 0 unspecified atom stereocenters. The van der Waals surface area contributed by atoms with Gasteiger partial charge in [0.2, 0.25) is 0 Å². The molecule has 0 aromatic heterocycles. The Morgan fingerprint density at radius 1 is 1.41 bits per heavy atom. The van der Waals surface area contributed by atoms with Crippen molar-refractivity contribution >= 4 is 6.03 Å². The molecule has 0 bridgehead atoms. The van der Waals surface area contributed by atoms with Gasteiger partial charge >= 0.3 is 6.03 Å². The van der Waals surface area contributed by atoms with Crippen LogP contribution in [-0.2, 0) is 11.3 Å². The molecule has 1 heterocycles. The minimum atomic E-state index is -0.221. The molecular weight excluding hydrogens is 216 g/mol. The maximum Gasteiger partial charge on any atom is 0.320 e. The standard InChI is InChI=1S/C13H18N2O2/c1-13(2)9-17-10-15(13)12(16)14-8-11-6-4-3-5-7-11/h3-7H,8-10H2,1-2H3,(H,14,16). The summed E-state index contributed by atoms with van der Waals surface area (Å²) in [5, 5.41) is 2.90. The van der Waals surface area contributed by atoms with Gasteiger partial charge in [-0.3, -0.25) is 4.90 Å². The lowest BCUT2D eigenvalue weighted by molar-refractivity contribution is 0.139. The van der Waals surface area contributed by atoms with E-state index in [1.807, 2.05) is 44.2 Å². The van der Waals surface area contributed by atoms with Crippen molar-refractivity contribution in [3.63, 3.8) is 0 Å². The van der Waals surface area contributed by atoms with Crippen LogP contribution in [-0.4, -0.2) is 29.8 Å². The van der Waals surface area contributed by atoms with Crippen molar-refractivity contribution < 1.29 is 9.53 Å². The highest BCUT2D eigenvalue weighted by Gasteiger charge is 2.36. The van der Waals surface area contributed by atoms with Crippen molar-refractivity contribution in [2.75, 3.05) is 13.3 Å². The molecular formula is C13H18N2O2. The van der Waals surface area contributed by atoms with E-state index in [0.717, 1.165) is 5.56 Å². The first-order valence-corrected chi connectivity index (χ1v) is 5.77. The zero-order chi connectivity index (χ0) is 12.3. The van der Waals surface area contributed by atoms with Crippen LogP contribution in [0.2, 0.25) is 0 Å². The van der Waals surface area contributed by atoms with E-state index >= 15 is 0 Å². The molecule has 1 fully saturated rings. The number of hydrogen-bond donors (Lipinski definition) is 1. The van der Waals surface area contributed by atoms with Gasteiger partial charge in [0, 0.05) is 6.54 Å². The number of nitrogens with one attached hydrogen (secondary N) is 1. The number of carbonyl (C=O) groups excluding carboxylic acids is 1. The molecule has 1 aromatic carbocycles. The van der Waals surface area contributed by atoms with E-state index < -0.39 is 0 Å². The third-order valence-electron chi connectivity index (χ3n) is 2.94. The lowest BCUT2D eigenvalue weighted by Gasteiger charge is -2.29. The normalized spacial score (nSPS) is 18.1. The monoisotopic (exact) mass is 234 g/mol. The first-order valence-electron chi connectivity index (χ1n) is 5.77. The summed E-state index contributed by atoms with van der Waals surface area (Å²) < 4.78 is 5.31. The smallest absolute Gasteiger partial charge is 0.320 e. The van der Waals surface area contributed by atoms with Gasteiger partial charge in [-0.15, -0.1) is 0 Å². The van der Waals surface area contributed by atoms with Gasteiger partial charge in [-0.2, -0.15) is 0 Å². The van der Waals surface area contributed by atoms with Crippen molar-refractivity contribution in [1.82, 2.24) is 10.2 Å². The summed E-state index contributed by atoms with van der Waals surface area (Å²) in [6.45, 7) is 5.51. The lowest BCUT2D eigenvalue weighted by atomic mass is 10.1. The molecule has 0 spiro atoms. The highest BCUT2D eigenvalue weighted by atomic mass is 16.5. The SMILES string of the molecule is CC1(C)COCN1C(=O)NCc1ccccc1. The minimum absolute atomic E-state index is 0.0728. The average molecular weight is 234 g/mol. The van der Waals surface area contributed by atoms with Crippen LogP contribution in [0, 0.1) is 0 Å². The number of ether oxygens (including phenoxy) is 1. The zero-order valence-electron chi connectivity index (χ0n) is 10.3. The molecule has 1 aromatic rings. The van der Waals surface area contributed by atoms with E-state index in [1.165, 1.54) is 0 Å². The first-order chi connectivity index (χ1) is 8.09. The summed E-state index contributed by atoms with van der Waals surface area (Å²) in [6.07, 6.45) is 0. The summed E-state index contributed by atoms with van der Waals surface area (Å²) in [5.41, 5.74) is 0.875. The first kappa shape index (κ1) is 11.9. The van der Waals surface area contributed by atoms with Crippen LogP contribution in [0.25, 0.3) is 0 Å². The van der Waals surface area contributed by atoms with Gasteiger partial charge in [-0.05, 0) is 19.4 Å². The zero-order valence-corrected chi connectivity index (χ0v) is 10.3. The second kappa shape index (κ2) is 4.75. The Kier molecular flexibility index (Phi) is 3.33. The van der Waals surface area contributed by atoms with E-state index in [-0.39, 0.29) is 11.6 Å². The third kappa shape index (κ3) is 2.77. The molecule has 0 atom stereocenters. The molecule has 0 aliphatic carbocycles. The van der Waals surface area contributed by atoms with Crippen LogP contribution in [0.3, 0.4) is 0 Å². The van der Waals surface area contributed by atoms with E-state index in [2.05, 4.69) is 5.32 Å². The number of carbonyl (C=O) groups is 1. The van der Waals surface area contributed by atoms with Gasteiger partial charge in [0.15, 0.2) is 0 Å². The fourth-order valence-corrected chi connectivity index (χ4v) is 1.84. The predicted octanol–water partition coefficient (Wildman–Crippen LogP) is 1.96. The number of amides is 2. The summed E-state index contributed by atoms with van der Waals surface area (Å²) in [7, 11) is 0. The number of rotatable bonds is 2. The molecule has 4 nitrogen and oxygen atoms in total. The third-order valence-corrected chi connectivity index (χ3v) is 2.94. The van der Waals surface area contributed by atoms with Gasteiger partial charge in [0.25, 0.3) is 0 Å². The molecule has 2 amide bonds. The van der Waals surface area contributed by atoms with Crippen molar-refractivity contribution in [3.8, 4) is 0 Å². The van der Waals surface area contributed by atoms with Gasteiger partial charge in [-0.25, -0.2) is 4.79 Å². The Hall–Kier alpha value is -1.55. The molecule has 0 saturated carbocycles. The Bertz CT molecular complexity index is 390. The molecule has 17 heavy (non-hydrogen) atoms. The second-order valence-corrected chi connectivity index (χ2v) is 4.86. The van der Waals surface area contributed by atoms with Crippen LogP contribution in [0.1, 0.15) is 19.4 Å². The van der Waals surface area contributed by atoms with Crippen LogP contribution in [0.5, 0.6) is 0 Å². The Morgan fingerprint density at radius 3 is 2.71 bits per heavy atom. The highest BCUT2D eigenvalue weighted by Crippen LogP contribution is 2.21. The van der Waals surface area contributed by atoms with E-state index in [0.29, 0.717) is 19.9 Å². The predicted molar refractivity (Wildman–Crippen MR) is 65.4 cm³/mol. The van der Waals surface area contributed by atoms with Crippen molar-refractivity contribution in [3.05, 3.63) is 35.9 Å². The van der Waals surface area contributed by atoms with Crippen LogP contribution < -0.4 is 5.32 Å². The minimum Gasteiger partial charge on any atom is -0.359 e. The average Bonchev–Trinajstić information content (AvgIpc) is 2.67. The number of hydrogen-bond acceptors (Lipinski definition) is 2. The summed E-state index contributed by atoms with van der Waals surface area (Å²) >= 11 is 0. The molecule has 2 rings (SSSR count). The van der Waals surface area contributed by atoms with Gasteiger partial charge in [0.05, 0.1) is 12.1 Å². The second-order valence-electron chi connectivity index (χ2n) is 4.86. The number of urea groups is 1. The van der Waals surface area contributed by atoms with Crippen molar-refractivity contribution in [2.45, 2.75) is 25.9 Å². The van der Waals surface area contributed by atoms with E-state index in [4.69, 9.17) is 4.74 Å². The van der Waals surface area contributed by atoms with Gasteiger partial charge in [0.1, 0.15) is 6.73 Å². The Labute approximate surface area is 102 Å². The van der Waals surface area contributed by atoms with Crippen molar-refractivity contribution in [2.24, 2.45) is 0 Å². The molecule has 0 radical (unpaired) electrons. The van der Waals surface area contributed by atoms with E-state index in [9.17, 15) is 4.79 Å². The molecule has 1 N–H and O–H groups in total. The number of benzene rings is 1. The highest BCUT2D eigenvalue weighted by molar-refractivity contribution is 5.75. The van der Waals surface area contributed by atoms with E-state index in [1.54, 1.807) is 4.90 Å². The Morgan fingerprint density at radius 2 is 2.12 bits per heavy atom. The van der Waals surface area contributed by atoms with Crippen LogP contribution in [0.4, 0.5) is 4.79 Å². The topological polar surface area (TPSA) is 41.6 Å². The largest absolute Gasteiger partial charge is 0.359 e. The fourth-order valence-electron chi connectivity index (χ4n) is 1.84. The molecule has 4 heteroatoms. The van der Waals surface area contributed by atoms with Crippen LogP contribution in [0.15, 0.2) is 30.3 Å². The molecule has 92 valence electrons. The molecule has 1 aliphatic rings.